The van der Waals surface area contributed by atoms with Gasteiger partial charge >= 0.3 is 0 Å². The van der Waals surface area contributed by atoms with Gasteiger partial charge in [-0.25, -0.2) is 14.4 Å². The minimum atomic E-state index is -1.21. The number of aryl methyl sites for hydroxylation is 2. The van der Waals surface area contributed by atoms with Crippen LogP contribution >= 0.6 is 15.9 Å². The Kier molecular flexibility index (Phi) is 6.77. The molecule has 1 N–H and O–H groups in total. The summed E-state index contributed by atoms with van der Waals surface area (Å²) in [4.78, 5) is 30.3. The Morgan fingerprint density at radius 2 is 1.89 bits per heavy atom. The van der Waals surface area contributed by atoms with Crippen molar-refractivity contribution in [2.24, 2.45) is 0 Å². The molecule has 10 heteroatoms. The molecule has 0 aliphatic carbocycles. The SMILES string of the molecule is Cc1cnc(-c2ccnc(C(C)(C)O)n2)cc1-n1c(C)cc(OCc2cnccc2F)c(Br)c1=O. The molecule has 0 amide bonds. The van der Waals surface area contributed by atoms with E-state index in [-0.39, 0.29) is 28.0 Å². The molecular weight excluding hydrogens is 517 g/mol. The summed E-state index contributed by atoms with van der Waals surface area (Å²) < 4.78 is 21.4. The lowest BCUT2D eigenvalue weighted by atomic mass is 10.1. The summed E-state index contributed by atoms with van der Waals surface area (Å²) in [5, 5.41) is 10.3. The fraction of sp³-hybridized carbons (Fsp3) is 0.240. The smallest absolute Gasteiger partial charge is 0.273 e. The van der Waals surface area contributed by atoms with E-state index in [1.54, 1.807) is 55.9 Å². The number of nitrogens with zero attached hydrogens (tertiary/aromatic N) is 5. The maximum atomic E-state index is 13.9. The molecule has 0 spiro atoms. The van der Waals surface area contributed by atoms with Crippen LogP contribution in [0, 0.1) is 19.7 Å². The summed E-state index contributed by atoms with van der Waals surface area (Å²) in [5.74, 6) is 0.129. The van der Waals surface area contributed by atoms with E-state index >= 15 is 0 Å². The lowest BCUT2D eigenvalue weighted by Crippen LogP contribution is -2.23. The highest BCUT2D eigenvalue weighted by molar-refractivity contribution is 9.10. The Balaban J connectivity index is 1.73. The van der Waals surface area contributed by atoms with Crippen LogP contribution in [0.3, 0.4) is 0 Å². The topological polar surface area (TPSA) is 103 Å². The van der Waals surface area contributed by atoms with E-state index in [9.17, 15) is 14.3 Å². The maximum Gasteiger partial charge on any atom is 0.273 e. The van der Waals surface area contributed by atoms with Crippen LogP contribution in [0.15, 0.2) is 58.3 Å². The molecule has 0 atom stereocenters. The van der Waals surface area contributed by atoms with Crippen molar-refractivity contribution in [2.75, 3.05) is 0 Å². The largest absolute Gasteiger partial charge is 0.487 e. The number of rotatable bonds is 6. The first-order valence-electron chi connectivity index (χ1n) is 10.7. The predicted octanol–water partition coefficient (Wildman–Crippen LogP) is 4.41. The van der Waals surface area contributed by atoms with Gasteiger partial charge in [0, 0.05) is 42.1 Å². The molecule has 35 heavy (non-hydrogen) atoms. The molecule has 0 saturated heterocycles. The van der Waals surface area contributed by atoms with Crippen molar-refractivity contribution in [1.29, 1.82) is 0 Å². The molecule has 0 aromatic carbocycles. The van der Waals surface area contributed by atoms with Crippen LogP contribution in [0.25, 0.3) is 17.1 Å². The van der Waals surface area contributed by atoms with Gasteiger partial charge in [-0.3, -0.25) is 19.3 Å². The third-order valence-corrected chi connectivity index (χ3v) is 6.04. The second-order valence-corrected chi connectivity index (χ2v) is 9.33. The Morgan fingerprint density at radius 1 is 1.11 bits per heavy atom. The fourth-order valence-electron chi connectivity index (χ4n) is 3.45. The maximum absolute atomic E-state index is 13.9. The molecule has 0 saturated carbocycles. The average molecular weight is 540 g/mol. The Morgan fingerprint density at radius 3 is 2.60 bits per heavy atom. The Bertz CT molecular complexity index is 1470. The van der Waals surface area contributed by atoms with Crippen LogP contribution in [0.2, 0.25) is 0 Å². The third kappa shape index (κ3) is 5.13. The first-order chi connectivity index (χ1) is 16.6. The second kappa shape index (κ2) is 9.63. The molecular formula is C25H23BrFN5O3. The predicted molar refractivity (Wildman–Crippen MR) is 132 cm³/mol. The molecule has 0 aliphatic rings. The normalized spacial score (nSPS) is 11.5. The summed E-state index contributed by atoms with van der Waals surface area (Å²) in [6.07, 6.45) is 5.96. The van der Waals surface area contributed by atoms with Gasteiger partial charge in [-0.05, 0) is 67.4 Å². The minimum absolute atomic E-state index is 0.0726. The van der Waals surface area contributed by atoms with Crippen LogP contribution in [-0.2, 0) is 12.2 Å². The first-order valence-corrected chi connectivity index (χ1v) is 11.5. The molecule has 180 valence electrons. The quantitative estimate of drug-likeness (QED) is 0.387. The third-order valence-electron chi connectivity index (χ3n) is 5.31. The minimum Gasteiger partial charge on any atom is -0.487 e. The molecule has 4 heterocycles. The highest BCUT2D eigenvalue weighted by Gasteiger charge is 2.21. The van der Waals surface area contributed by atoms with Crippen LogP contribution < -0.4 is 10.3 Å². The van der Waals surface area contributed by atoms with Crippen molar-refractivity contribution in [3.8, 4) is 22.8 Å². The van der Waals surface area contributed by atoms with Gasteiger partial charge in [0.2, 0.25) is 0 Å². The van der Waals surface area contributed by atoms with E-state index in [1.165, 1.54) is 18.5 Å². The number of aliphatic hydroxyl groups is 1. The van der Waals surface area contributed by atoms with Gasteiger partial charge in [0.05, 0.1) is 17.1 Å². The van der Waals surface area contributed by atoms with Gasteiger partial charge in [-0.2, -0.15) is 0 Å². The highest BCUT2D eigenvalue weighted by Crippen LogP contribution is 2.28. The standard InChI is InChI=1S/C25H23BrFN5O3/c1-14-11-30-19(18-6-8-29-24(31-18)25(3,4)34)10-20(14)32-15(2)9-21(22(26)23(32)33)35-13-16-12-28-7-5-17(16)27/h5-12,34H,13H2,1-4H3. The molecule has 0 aliphatic heterocycles. The van der Waals surface area contributed by atoms with Crippen LogP contribution in [-0.4, -0.2) is 29.6 Å². The second-order valence-electron chi connectivity index (χ2n) is 8.54. The summed E-state index contributed by atoms with van der Waals surface area (Å²) in [6.45, 7) is 6.77. The number of halogens is 2. The van der Waals surface area contributed by atoms with Gasteiger partial charge in [0.15, 0.2) is 5.82 Å². The molecule has 0 fully saturated rings. The molecule has 0 unspecified atom stereocenters. The monoisotopic (exact) mass is 539 g/mol. The van der Waals surface area contributed by atoms with E-state index < -0.39 is 11.4 Å². The van der Waals surface area contributed by atoms with Crippen LogP contribution in [0.5, 0.6) is 5.75 Å². The van der Waals surface area contributed by atoms with Gasteiger partial charge in [0.25, 0.3) is 5.56 Å². The summed E-state index contributed by atoms with van der Waals surface area (Å²) >= 11 is 3.34. The Hall–Kier alpha value is -3.50. The van der Waals surface area contributed by atoms with Crippen LogP contribution in [0.1, 0.15) is 36.5 Å². The zero-order valence-corrected chi connectivity index (χ0v) is 21.2. The molecule has 0 radical (unpaired) electrons. The zero-order chi connectivity index (χ0) is 25.3. The van der Waals surface area contributed by atoms with E-state index in [4.69, 9.17) is 4.74 Å². The van der Waals surface area contributed by atoms with Crippen molar-refractivity contribution in [1.82, 2.24) is 24.5 Å². The number of pyridine rings is 3. The number of aromatic nitrogens is 5. The lowest BCUT2D eigenvalue weighted by Gasteiger charge is -2.18. The van der Waals surface area contributed by atoms with Crippen molar-refractivity contribution < 1.29 is 14.2 Å². The average Bonchev–Trinajstić information content (AvgIpc) is 2.82. The summed E-state index contributed by atoms with van der Waals surface area (Å²) in [6, 6.07) is 6.41. The fourth-order valence-corrected chi connectivity index (χ4v) is 3.85. The van der Waals surface area contributed by atoms with Crippen molar-refractivity contribution in [3.05, 3.63) is 92.3 Å². The highest BCUT2D eigenvalue weighted by atomic mass is 79.9. The van der Waals surface area contributed by atoms with Crippen molar-refractivity contribution >= 4 is 15.9 Å². The van der Waals surface area contributed by atoms with E-state index in [0.717, 1.165) is 5.56 Å². The van der Waals surface area contributed by atoms with E-state index in [2.05, 4.69) is 35.9 Å². The van der Waals surface area contributed by atoms with Gasteiger partial charge in [-0.1, -0.05) is 0 Å². The zero-order valence-electron chi connectivity index (χ0n) is 19.6. The molecule has 8 nitrogen and oxygen atoms in total. The number of hydrogen-bond donors (Lipinski definition) is 1. The van der Waals surface area contributed by atoms with Crippen molar-refractivity contribution in [2.45, 2.75) is 39.9 Å². The van der Waals surface area contributed by atoms with E-state index in [0.29, 0.717) is 28.5 Å². The Labute approximate surface area is 209 Å². The van der Waals surface area contributed by atoms with Crippen LogP contribution in [0.4, 0.5) is 4.39 Å². The molecule has 4 rings (SSSR count). The van der Waals surface area contributed by atoms with Gasteiger partial charge < -0.3 is 9.84 Å². The lowest BCUT2D eigenvalue weighted by molar-refractivity contribution is 0.0688. The molecule has 0 bridgehead atoms. The van der Waals surface area contributed by atoms with E-state index in [1.807, 2.05) is 6.92 Å². The molecule has 4 aromatic heterocycles. The summed E-state index contributed by atoms with van der Waals surface area (Å²) in [5.41, 5.74) is 1.77. The molecule has 4 aromatic rings. The van der Waals surface area contributed by atoms with Gasteiger partial charge in [-0.15, -0.1) is 0 Å². The van der Waals surface area contributed by atoms with Crippen molar-refractivity contribution in [3.63, 3.8) is 0 Å². The number of ether oxygens (including phenoxy) is 1. The first kappa shape index (κ1) is 24.6. The van der Waals surface area contributed by atoms with Gasteiger partial charge in [0.1, 0.15) is 28.2 Å². The number of hydrogen-bond acceptors (Lipinski definition) is 7. The summed E-state index contributed by atoms with van der Waals surface area (Å²) in [7, 11) is 0.